The molecular formula is C20H20F2N2O3. The summed E-state index contributed by atoms with van der Waals surface area (Å²) in [5.41, 5.74) is 0.403. The van der Waals surface area contributed by atoms with Crippen LogP contribution < -0.4 is 10.2 Å². The number of nitrogens with zero attached hydrogens (tertiary/aromatic N) is 1. The Bertz CT molecular complexity index is 883. The maximum absolute atomic E-state index is 13.6. The minimum absolute atomic E-state index is 0.0193. The Labute approximate surface area is 155 Å². The zero-order chi connectivity index (χ0) is 19.6. The van der Waals surface area contributed by atoms with Crippen molar-refractivity contribution in [2.45, 2.75) is 25.8 Å². The first-order chi connectivity index (χ1) is 12.8. The van der Waals surface area contributed by atoms with Crippen molar-refractivity contribution in [2.24, 2.45) is 0 Å². The van der Waals surface area contributed by atoms with Gasteiger partial charge in [-0.2, -0.15) is 0 Å². The molecule has 5 nitrogen and oxygen atoms in total. The molecule has 0 radical (unpaired) electrons. The van der Waals surface area contributed by atoms with Crippen LogP contribution in [0.1, 0.15) is 30.6 Å². The molecule has 0 fully saturated rings. The summed E-state index contributed by atoms with van der Waals surface area (Å²) in [6, 6.07) is 10.1. The third-order valence-electron chi connectivity index (χ3n) is 4.33. The van der Waals surface area contributed by atoms with Gasteiger partial charge in [-0.05, 0) is 50.6 Å². The summed E-state index contributed by atoms with van der Waals surface area (Å²) >= 11 is 0. The molecule has 1 aliphatic rings. The Morgan fingerprint density at radius 1 is 1.19 bits per heavy atom. The molecule has 2 aromatic carbocycles. The second-order valence-electron chi connectivity index (χ2n) is 6.84. The number of hydrogen-bond donors (Lipinski definition) is 1. The van der Waals surface area contributed by atoms with E-state index in [0.29, 0.717) is 13.0 Å². The van der Waals surface area contributed by atoms with Gasteiger partial charge in [0.2, 0.25) is 0 Å². The predicted molar refractivity (Wildman–Crippen MR) is 97.8 cm³/mol. The monoisotopic (exact) mass is 374 g/mol. The lowest BCUT2D eigenvalue weighted by Gasteiger charge is -2.40. The molecule has 1 amide bonds. The Morgan fingerprint density at radius 2 is 1.93 bits per heavy atom. The maximum Gasteiger partial charge on any atom is 0.341 e. The largest absolute Gasteiger partial charge is 0.462 e. The minimum atomic E-state index is -0.931. The van der Waals surface area contributed by atoms with E-state index in [0.717, 1.165) is 29.6 Å². The standard InChI is InChI=1S/C20H20F2N2O3/c1-20(2)19(26)24(17-7-4-3-6-16(17)23-20)10-5-11-27-18(25)14-12-13(21)8-9-15(14)22/h3-4,6-9,12,23H,5,10-11H2,1-2H3. The zero-order valence-corrected chi connectivity index (χ0v) is 15.1. The summed E-state index contributed by atoms with van der Waals surface area (Å²) < 4.78 is 31.8. The molecule has 0 unspecified atom stereocenters. The molecule has 0 saturated heterocycles. The van der Waals surface area contributed by atoms with Gasteiger partial charge in [-0.3, -0.25) is 4.79 Å². The van der Waals surface area contributed by atoms with E-state index in [4.69, 9.17) is 4.74 Å². The molecule has 0 aliphatic carbocycles. The molecule has 1 heterocycles. The molecule has 1 aliphatic heterocycles. The number of benzene rings is 2. The number of para-hydroxylation sites is 2. The second-order valence-corrected chi connectivity index (χ2v) is 6.84. The predicted octanol–water partition coefficient (Wildman–Crippen LogP) is 3.75. The van der Waals surface area contributed by atoms with Crippen LogP contribution in [0, 0.1) is 11.6 Å². The fourth-order valence-corrected chi connectivity index (χ4v) is 2.99. The van der Waals surface area contributed by atoms with E-state index in [-0.39, 0.29) is 12.5 Å². The SMILES string of the molecule is CC1(C)Nc2ccccc2N(CCCOC(=O)c2cc(F)ccc2F)C1=O. The number of anilines is 2. The van der Waals surface area contributed by atoms with Gasteiger partial charge in [0.15, 0.2) is 0 Å². The smallest absolute Gasteiger partial charge is 0.341 e. The molecule has 3 rings (SSSR count). The number of ether oxygens (including phenoxy) is 1. The van der Waals surface area contributed by atoms with E-state index >= 15 is 0 Å². The lowest BCUT2D eigenvalue weighted by molar-refractivity contribution is -0.122. The van der Waals surface area contributed by atoms with Crippen molar-refractivity contribution in [1.29, 1.82) is 0 Å². The van der Waals surface area contributed by atoms with Crippen molar-refractivity contribution in [2.75, 3.05) is 23.4 Å². The van der Waals surface area contributed by atoms with Crippen LogP contribution in [0.15, 0.2) is 42.5 Å². The highest BCUT2D eigenvalue weighted by atomic mass is 19.1. The number of amides is 1. The lowest BCUT2D eigenvalue weighted by atomic mass is 9.98. The summed E-state index contributed by atoms with van der Waals surface area (Å²) in [6.07, 6.45) is 0.360. The highest BCUT2D eigenvalue weighted by Crippen LogP contribution is 2.34. The summed E-state index contributed by atoms with van der Waals surface area (Å²) in [6.45, 7) is 3.91. The van der Waals surface area contributed by atoms with Crippen molar-refractivity contribution in [3.63, 3.8) is 0 Å². The van der Waals surface area contributed by atoms with Crippen LogP contribution in [0.3, 0.4) is 0 Å². The van der Waals surface area contributed by atoms with E-state index in [1.807, 2.05) is 24.3 Å². The maximum atomic E-state index is 13.6. The van der Waals surface area contributed by atoms with Crippen LogP contribution in [0.5, 0.6) is 0 Å². The number of rotatable bonds is 5. The molecule has 0 spiro atoms. The molecule has 7 heteroatoms. The van der Waals surface area contributed by atoms with Crippen LogP contribution in [0.25, 0.3) is 0 Å². The third-order valence-corrected chi connectivity index (χ3v) is 4.33. The van der Waals surface area contributed by atoms with Gasteiger partial charge in [-0.25, -0.2) is 13.6 Å². The highest BCUT2D eigenvalue weighted by Gasteiger charge is 2.38. The molecule has 1 N–H and O–H groups in total. The van der Waals surface area contributed by atoms with Gasteiger partial charge in [0.05, 0.1) is 23.5 Å². The van der Waals surface area contributed by atoms with E-state index < -0.39 is 28.7 Å². The minimum Gasteiger partial charge on any atom is -0.462 e. The van der Waals surface area contributed by atoms with Crippen molar-refractivity contribution in [1.82, 2.24) is 0 Å². The average molecular weight is 374 g/mol. The number of hydrogen-bond acceptors (Lipinski definition) is 4. The van der Waals surface area contributed by atoms with E-state index in [2.05, 4.69) is 5.32 Å². The Morgan fingerprint density at radius 3 is 2.70 bits per heavy atom. The van der Waals surface area contributed by atoms with Crippen molar-refractivity contribution < 1.29 is 23.1 Å². The fourth-order valence-electron chi connectivity index (χ4n) is 2.99. The van der Waals surface area contributed by atoms with Gasteiger partial charge < -0.3 is 15.0 Å². The van der Waals surface area contributed by atoms with Gasteiger partial charge >= 0.3 is 5.97 Å². The summed E-state index contributed by atoms with van der Waals surface area (Å²) in [7, 11) is 0. The van der Waals surface area contributed by atoms with Crippen LogP contribution in [-0.2, 0) is 9.53 Å². The van der Waals surface area contributed by atoms with Gasteiger partial charge in [0.1, 0.15) is 17.2 Å². The normalized spacial score (nSPS) is 15.1. The van der Waals surface area contributed by atoms with Gasteiger partial charge in [0, 0.05) is 6.54 Å². The number of fused-ring (bicyclic) bond motifs is 1. The first kappa shape index (κ1) is 18.8. The molecule has 0 atom stereocenters. The van der Waals surface area contributed by atoms with E-state index in [1.165, 1.54) is 0 Å². The number of carbonyl (C=O) groups excluding carboxylic acids is 2. The molecular weight excluding hydrogens is 354 g/mol. The van der Waals surface area contributed by atoms with Crippen LogP contribution >= 0.6 is 0 Å². The number of esters is 1. The Balaban J connectivity index is 1.62. The topological polar surface area (TPSA) is 58.6 Å². The Kier molecular flexibility index (Phi) is 5.12. The van der Waals surface area contributed by atoms with Gasteiger partial charge in [0.25, 0.3) is 5.91 Å². The molecule has 0 bridgehead atoms. The third kappa shape index (κ3) is 3.92. The molecule has 0 saturated carbocycles. The van der Waals surface area contributed by atoms with Crippen molar-refractivity contribution in [3.8, 4) is 0 Å². The Hall–Kier alpha value is -2.96. The molecule has 2 aromatic rings. The fraction of sp³-hybridized carbons (Fsp3) is 0.300. The first-order valence-corrected chi connectivity index (χ1v) is 8.61. The first-order valence-electron chi connectivity index (χ1n) is 8.61. The molecule has 27 heavy (non-hydrogen) atoms. The summed E-state index contributed by atoms with van der Waals surface area (Å²) in [5.74, 6) is -2.58. The number of halogens is 2. The summed E-state index contributed by atoms with van der Waals surface area (Å²) in [5, 5.41) is 3.20. The van der Waals surface area contributed by atoms with Crippen molar-refractivity contribution in [3.05, 3.63) is 59.7 Å². The van der Waals surface area contributed by atoms with Crippen LogP contribution in [0.4, 0.5) is 20.2 Å². The average Bonchev–Trinajstić information content (AvgIpc) is 2.63. The quantitative estimate of drug-likeness (QED) is 0.640. The van der Waals surface area contributed by atoms with E-state index in [1.54, 1.807) is 18.7 Å². The van der Waals surface area contributed by atoms with Crippen molar-refractivity contribution >= 4 is 23.3 Å². The van der Waals surface area contributed by atoms with Gasteiger partial charge in [-0.15, -0.1) is 0 Å². The summed E-state index contributed by atoms with van der Waals surface area (Å²) in [4.78, 5) is 26.3. The lowest BCUT2D eigenvalue weighted by Crippen LogP contribution is -2.54. The zero-order valence-electron chi connectivity index (χ0n) is 15.1. The second kappa shape index (κ2) is 7.34. The molecule has 0 aromatic heterocycles. The highest BCUT2D eigenvalue weighted by molar-refractivity contribution is 6.07. The van der Waals surface area contributed by atoms with Gasteiger partial charge in [-0.1, -0.05) is 12.1 Å². The van der Waals surface area contributed by atoms with E-state index in [9.17, 15) is 18.4 Å². The number of nitrogens with one attached hydrogen (secondary N) is 1. The number of carbonyl (C=O) groups is 2. The molecule has 142 valence electrons. The van der Waals surface area contributed by atoms with Crippen LogP contribution in [-0.4, -0.2) is 30.6 Å². The van der Waals surface area contributed by atoms with Crippen LogP contribution in [0.2, 0.25) is 0 Å².